The molecule has 0 radical (unpaired) electrons. The quantitative estimate of drug-likeness (QED) is 0.828. The Balaban J connectivity index is 1.93. The number of rotatable bonds is 6. The van der Waals surface area contributed by atoms with E-state index in [1.165, 1.54) is 18.2 Å². The maximum atomic E-state index is 12.3. The number of para-hydroxylation sites is 2. The Kier molecular flexibility index (Phi) is 5.86. The first-order valence-electron chi connectivity index (χ1n) is 7.31. The number of halogens is 2. The molecule has 1 aromatic rings. The highest BCUT2D eigenvalue weighted by atomic mass is 19.3. The summed E-state index contributed by atoms with van der Waals surface area (Å²) in [5, 5.41) is 2.55. The first-order chi connectivity index (χ1) is 11.0. The van der Waals surface area contributed by atoms with Crippen molar-refractivity contribution in [2.75, 3.05) is 25.0 Å². The van der Waals surface area contributed by atoms with Crippen LogP contribution in [0.2, 0.25) is 0 Å². The van der Waals surface area contributed by atoms with E-state index in [9.17, 15) is 18.4 Å². The molecule has 1 fully saturated rings. The zero-order chi connectivity index (χ0) is 16.8. The number of amides is 2. The molecule has 1 aromatic carbocycles. The van der Waals surface area contributed by atoms with Crippen molar-refractivity contribution in [1.82, 2.24) is 4.90 Å². The molecule has 0 aliphatic carbocycles. The zero-order valence-electron chi connectivity index (χ0n) is 12.5. The normalized spacial score (nSPS) is 18.7. The standard InChI is InChI=1S/C15H19F2N3O3/c16-15(17)23-12-6-2-1-5-11(12)19-13(21)9-20-7-3-4-10(8-20)14(18)22/h1-2,5-6,10,15H,3-4,7-9H2,(H2,18,22)(H,19,21)/t10-/m1/s1. The molecule has 1 aliphatic rings. The van der Waals surface area contributed by atoms with Gasteiger partial charge in [0.25, 0.3) is 0 Å². The Morgan fingerprint density at radius 1 is 1.39 bits per heavy atom. The molecule has 0 spiro atoms. The number of benzene rings is 1. The number of nitrogens with two attached hydrogens (primary N) is 1. The SMILES string of the molecule is NC(=O)[C@@H]1CCCN(CC(=O)Nc2ccccc2OC(F)F)C1. The van der Waals surface area contributed by atoms with Crippen LogP contribution in [0.1, 0.15) is 12.8 Å². The summed E-state index contributed by atoms with van der Waals surface area (Å²) in [6.07, 6.45) is 1.50. The number of anilines is 1. The molecule has 1 aliphatic heterocycles. The average Bonchev–Trinajstić information content (AvgIpc) is 2.49. The lowest BCUT2D eigenvalue weighted by Crippen LogP contribution is -2.44. The van der Waals surface area contributed by atoms with Gasteiger partial charge in [-0.3, -0.25) is 14.5 Å². The smallest absolute Gasteiger partial charge is 0.387 e. The molecule has 2 amide bonds. The maximum Gasteiger partial charge on any atom is 0.387 e. The molecular formula is C15H19F2N3O3. The largest absolute Gasteiger partial charge is 0.433 e. The van der Waals surface area contributed by atoms with Crippen molar-refractivity contribution in [3.63, 3.8) is 0 Å². The number of likely N-dealkylation sites (tertiary alicyclic amines) is 1. The van der Waals surface area contributed by atoms with E-state index in [4.69, 9.17) is 5.73 Å². The number of ether oxygens (including phenoxy) is 1. The summed E-state index contributed by atoms with van der Waals surface area (Å²) in [5.74, 6) is -1.08. The van der Waals surface area contributed by atoms with Gasteiger partial charge >= 0.3 is 6.61 Å². The van der Waals surface area contributed by atoms with Crippen molar-refractivity contribution < 1.29 is 23.1 Å². The third-order valence-electron chi connectivity index (χ3n) is 3.65. The van der Waals surface area contributed by atoms with E-state index in [1.807, 2.05) is 4.90 Å². The topological polar surface area (TPSA) is 84.7 Å². The van der Waals surface area contributed by atoms with E-state index in [0.29, 0.717) is 13.1 Å². The van der Waals surface area contributed by atoms with Gasteiger partial charge in [-0.2, -0.15) is 8.78 Å². The summed E-state index contributed by atoms with van der Waals surface area (Å²) in [6.45, 7) is -1.79. The minimum Gasteiger partial charge on any atom is -0.433 e. The van der Waals surface area contributed by atoms with Crippen LogP contribution in [0.4, 0.5) is 14.5 Å². The molecule has 1 atom stereocenters. The number of alkyl halides is 2. The van der Waals surface area contributed by atoms with Crippen LogP contribution in [-0.2, 0) is 9.59 Å². The Labute approximate surface area is 132 Å². The second kappa shape index (κ2) is 7.87. The predicted molar refractivity (Wildman–Crippen MR) is 80.1 cm³/mol. The van der Waals surface area contributed by atoms with Gasteiger partial charge in [-0.15, -0.1) is 0 Å². The lowest BCUT2D eigenvalue weighted by Gasteiger charge is -2.30. The van der Waals surface area contributed by atoms with E-state index in [0.717, 1.165) is 12.8 Å². The van der Waals surface area contributed by atoms with Crippen LogP contribution in [0.25, 0.3) is 0 Å². The number of hydrogen-bond acceptors (Lipinski definition) is 4. The van der Waals surface area contributed by atoms with Crippen LogP contribution in [0.15, 0.2) is 24.3 Å². The third kappa shape index (κ3) is 5.17. The van der Waals surface area contributed by atoms with E-state index >= 15 is 0 Å². The molecule has 126 valence electrons. The van der Waals surface area contributed by atoms with Gasteiger partial charge in [-0.05, 0) is 31.5 Å². The lowest BCUT2D eigenvalue weighted by atomic mass is 9.97. The number of nitrogens with one attached hydrogen (secondary N) is 1. The Bertz CT molecular complexity index is 569. The third-order valence-corrected chi connectivity index (χ3v) is 3.65. The van der Waals surface area contributed by atoms with Crippen LogP contribution in [0, 0.1) is 5.92 Å². The minimum atomic E-state index is -2.97. The predicted octanol–water partition coefficient (Wildman–Crippen LogP) is 1.42. The minimum absolute atomic E-state index is 0.0623. The fourth-order valence-corrected chi connectivity index (χ4v) is 2.59. The van der Waals surface area contributed by atoms with E-state index in [2.05, 4.69) is 10.1 Å². The van der Waals surface area contributed by atoms with Crippen molar-refractivity contribution in [3.05, 3.63) is 24.3 Å². The highest BCUT2D eigenvalue weighted by molar-refractivity contribution is 5.93. The molecule has 0 aromatic heterocycles. The van der Waals surface area contributed by atoms with E-state index in [1.54, 1.807) is 6.07 Å². The molecule has 3 N–H and O–H groups in total. The first-order valence-corrected chi connectivity index (χ1v) is 7.31. The lowest BCUT2D eigenvalue weighted by molar-refractivity contribution is -0.125. The fraction of sp³-hybridized carbons (Fsp3) is 0.467. The van der Waals surface area contributed by atoms with Gasteiger partial charge in [0, 0.05) is 6.54 Å². The van der Waals surface area contributed by atoms with E-state index in [-0.39, 0.29) is 35.7 Å². The average molecular weight is 327 g/mol. The van der Waals surface area contributed by atoms with Gasteiger partial charge in [0.2, 0.25) is 11.8 Å². The Morgan fingerprint density at radius 2 is 2.13 bits per heavy atom. The number of piperidine rings is 1. The Hall–Kier alpha value is -2.22. The zero-order valence-corrected chi connectivity index (χ0v) is 12.5. The highest BCUT2D eigenvalue weighted by Gasteiger charge is 2.25. The van der Waals surface area contributed by atoms with Crippen LogP contribution >= 0.6 is 0 Å². The summed E-state index contributed by atoms with van der Waals surface area (Å²) in [5.41, 5.74) is 5.48. The van der Waals surface area contributed by atoms with Crippen molar-refractivity contribution in [2.45, 2.75) is 19.5 Å². The summed E-state index contributed by atoms with van der Waals surface area (Å²) >= 11 is 0. The van der Waals surface area contributed by atoms with Gasteiger partial charge in [-0.25, -0.2) is 0 Å². The Morgan fingerprint density at radius 3 is 2.83 bits per heavy atom. The molecule has 6 nitrogen and oxygen atoms in total. The molecule has 0 saturated carbocycles. The molecule has 0 unspecified atom stereocenters. The van der Waals surface area contributed by atoms with Crippen LogP contribution < -0.4 is 15.8 Å². The first kappa shape index (κ1) is 17.1. The van der Waals surface area contributed by atoms with Crippen molar-refractivity contribution in [3.8, 4) is 5.75 Å². The molecule has 0 bridgehead atoms. The molecule has 8 heteroatoms. The molecule has 1 heterocycles. The number of nitrogens with zero attached hydrogens (tertiary/aromatic N) is 1. The second-order valence-electron chi connectivity index (χ2n) is 5.40. The van der Waals surface area contributed by atoms with Crippen molar-refractivity contribution in [2.24, 2.45) is 11.7 Å². The number of primary amides is 1. The summed E-state index contributed by atoms with van der Waals surface area (Å²) in [6, 6.07) is 5.98. The number of carbonyl (C=O) groups excluding carboxylic acids is 2. The maximum absolute atomic E-state index is 12.3. The van der Waals surface area contributed by atoms with Gasteiger partial charge < -0.3 is 15.8 Å². The van der Waals surface area contributed by atoms with Gasteiger partial charge in [0.05, 0.1) is 18.2 Å². The molecular weight excluding hydrogens is 308 g/mol. The molecule has 2 rings (SSSR count). The number of hydrogen-bond donors (Lipinski definition) is 2. The fourth-order valence-electron chi connectivity index (χ4n) is 2.59. The second-order valence-corrected chi connectivity index (χ2v) is 5.40. The summed E-state index contributed by atoms with van der Waals surface area (Å²) in [7, 11) is 0. The summed E-state index contributed by atoms with van der Waals surface area (Å²) in [4.78, 5) is 25.1. The number of carbonyl (C=O) groups is 2. The van der Waals surface area contributed by atoms with Crippen LogP contribution in [0.3, 0.4) is 0 Å². The van der Waals surface area contributed by atoms with Gasteiger partial charge in [-0.1, -0.05) is 12.1 Å². The van der Waals surface area contributed by atoms with Gasteiger partial charge in [0.15, 0.2) is 0 Å². The van der Waals surface area contributed by atoms with E-state index < -0.39 is 6.61 Å². The monoisotopic (exact) mass is 327 g/mol. The summed E-state index contributed by atoms with van der Waals surface area (Å²) < 4.78 is 29.0. The highest BCUT2D eigenvalue weighted by Crippen LogP contribution is 2.25. The van der Waals surface area contributed by atoms with Crippen LogP contribution in [0.5, 0.6) is 5.75 Å². The molecule has 23 heavy (non-hydrogen) atoms. The molecule has 1 saturated heterocycles. The van der Waals surface area contributed by atoms with Crippen molar-refractivity contribution in [1.29, 1.82) is 0 Å². The van der Waals surface area contributed by atoms with Gasteiger partial charge in [0.1, 0.15) is 5.75 Å². The van der Waals surface area contributed by atoms with Crippen LogP contribution in [-0.4, -0.2) is 43.0 Å². The van der Waals surface area contributed by atoms with Crippen molar-refractivity contribution >= 4 is 17.5 Å².